The van der Waals surface area contributed by atoms with E-state index in [0.29, 0.717) is 13.0 Å². The molecule has 1 saturated carbocycles. The summed E-state index contributed by atoms with van der Waals surface area (Å²) in [7, 11) is 0. The highest BCUT2D eigenvalue weighted by atomic mass is 19.4. The van der Waals surface area contributed by atoms with E-state index in [1.807, 2.05) is 0 Å². The number of rotatable bonds is 9. The highest BCUT2D eigenvalue weighted by Crippen LogP contribution is 2.41. The van der Waals surface area contributed by atoms with Crippen molar-refractivity contribution in [3.8, 4) is 0 Å². The van der Waals surface area contributed by atoms with E-state index >= 15 is 0 Å². The second kappa shape index (κ2) is 11.5. The van der Waals surface area contributed by atoms with Crippen LogP contribution in [-0.4, -0.2) is 59.6 Å². The molecule has 1 aromatic rings. The molecular weight excluding hydrogens is 511 g/mol. The molecule has 2 fully saturated rings. The van der Waals surface area contributed by atoms with Gasteiger partial charge in [-0.25, -0.2) is 8.78 Å². The van der Waals surface area contributed by atoms with Crippen LogP contribution >= 0.6 is 0 Å². The lowest BCUT2D eigenvalue weighted by Crippen LogP contribution is -2.47. The van der Waals surface area contributed by atoms with Gasteiger partial charge in [0.2, 0.25) is 0 Å². The first kappa shape index (κ1) is 28.1. The minimum absolute atomic E-state index is 0.0217. The number of hydrogen-bond acceptors (Lipinski definition) is 5. The summed E-state index contributed by atoms with van der Waals surface area (Å²) in [4.78, 5) is 27.6. The number of carboxylic acid groups (broad SMARTS) is 1. The normalized spacial score (nSPS) is 23.1. The molecule has 3 N–H and O–H groups in total. The van der Waals surface area contributed by atoms with Crippen LogP contribution in [0.4, 0.5) is 27.6 Å². The first-order chi connectivity index (χ1) is 17.9. The number of anilines is 1. The van der Waals surface area contributed by atoms with Crippen molar-refractivity contribution in [1.82, 2.24) is 15.5 Å². The van der Waals surface area contributed by atoms with Crippen LogP contribution in [0.25, 0.3) is 0 Å². The number of likely N-dealkylation sites (tertiary alicyclic amines) is 1. The third-order valence-corrected chi connectivity index (χ3v) is 7.47. The number of carbonyl (C=O) groups excluding carboxylic acids is 1. The van der Waals surface area contributed by atoms with Crippen molar-refractivity contribution in [1.29, 1.82) is 0 Å². The van der Waals surface area contributed by atoms with Crippen LogP contribution in [0.3, 0.4) is 0 Å². The van der Waals surface area contributed by atoms with Crippen molar-refractivity contribution in [2.75, 3.05) is 24.5 Å². The van der Waals surface area contributed by atoms with Gasteiger partial charge in [-0.2, -0.15) is 13.2 Å². The lowest BCUT2D eigenvalue weighted by atomic mass is 10.0. The molecule has 4 rings (SSSR count). The van der Waals surface area contributed by atoms with Crippen molar-refractivity contribution in [3.05, 3.63) is 41.7 Å². The number of carboxylic acids is 1. The second-order valence-electron chi connectivity index (χ2n) is 10.4. The molecule has 12 heteroatoms. The number of nitrogens with one attached hydrogen (secondary N) is 2. The number of nitrogens with zero attached hydrogens (tertiary/aromatic N) is 2. The molecular formula is C26H33F5N4O3. The molecule has 2 atom stereocenters. The third-order valence-electron chi connectivity index (χ3n) is 7.47. The molecule has 0 spiro atoms. The van der Waals surface area contributed by atoms with Gasteiger partial charge >= 0.3 is 12.1 Å². The standard InChI is InChI=1S/C26H33F5N4O3/c27-25(28)11-5-12-34(16-25)13-10-18(14-22(36)37)32-24(38)20-15-35(23(33-20)17-6-1-2-7-17)21-9-4-3-8-19(21)26(29,30)31/h3-4,8-9,15,17-18,23,33H,1-2,5-7,10-14,16H2,(H,32,38)(H,36,37). The molecule has 2 unspecified atom stereocenters. The van der Waals surface area contributed by atoms with Crippen LogP contribution in [0.2, 0.25) is 0 Å². The Morgan fingerprint density at radius 3 is 2.53 bits per heavy atom. The summed E-state index contributed by atoms with van der Waals surface area (Å²) in [5.74, 6) is -4.57. The van der Waals surface area contributed by atoms with E-state index in [1.165, 1.54) is 29.3 Å². The number of alkyl halides is 5. The van der Waals surface area contributed by atoms with Crippen LogP contribution in [-0.2, 0) is 15.8 Å². The fourth-order valence-corrected chi connectivity index (χ4v) is 5.66. The lowest BCUT2D eigenvalue weighted by molar-refractivity contribution is -0.138. The molecule has 0 bridgehead atoms. The van der Waals surface area contributed by atoms with E-state index in [-0.39, 0.29) is 36.7 Å². The Morgan fingerprint density at radius 1 is 1.16 bits per heavy atom. The van der Waals surface area contributed by atoms with E-state index < -0.39 is 54.7 Å². The Bertz CT molecular complexity index is 1040. The van der Waals surface area contributed by atoms with Gasteiger partial charge in [-0.1, -0.05) is 25.0 Å². The highest BCUT2D eigenvalue weighted by Gasteiger charge is 2.41. The summed E-state index contributed by atoms with van der Waals surface area (Å²) in [5, 5.41) is 15.1. The minimum Gasteiger partial charge on any atom is -0.481 e. The van der Waals surface area contributed by atoms with Gasteiger partial charge in [-0.05, 0) is 50.3 Å². The van der Waals surface area contributed by atoms with Gasteiger partial charge in [0.25, 0.3) is 11.8 Å². The molecule has 210 valence electrons. The second-order valence-corrected chi connectivity index (χ2v) is 10.4. The van der Waals surface area contributed by atoms with Crippen LogP contribution in [0.1, 0.15) is 56.9 Å². The van der Waals surface area contributed by atoms with Gasteiger partial charge < -0.3 is 20.6 Å². The molecule has 1 saturated heterocycles. The molecule has 0 radical (unpaired) electrons. The largest absolute Gasteiger partial charge is 0.481 e. The van der Waals surface area contributed by atoms with Gasteiger partial charge in [0.1, 0.15) is 11.9 Å². The Balaban J connectivity index is 1.51. The summed E-state index contributed by atoms with van der Waals surface area (Å²) in [6.45, 7) is 0.243. The van der Waals surface area contributed by atoms with Gasteiger partial charge in [0.15, 0.2) is 0 Å². The van der Waals surface area contributed by atoms with Crippen LogP contribution < -0.4 is 15.5 Å². The highest BCUT2D eigenvalue weighted by molar-refractivity contribution is 5.94. The summed E-state index contributed by atoms with van der Waals surface area (Å²) < 4.78 is 68.9. The third kappa shape index (κ3) is 6.95. The first-order valence-corrected chi connectivity index (χ1v) is 13.0. The number of halogens is 5. The smallest absolute Gasteiger partial charge is 0.418 e. The zero-order valence-corrected chi connectivity index (χ0v) is 20.9. The van der Waals surface area contributed by atoms with Crippen molar-refractivity contribution in [2.45, 2.75) is 75.7 Å². The van der Waals surface area contributed by atoms with E-state index in [4.69, 9.17) is 0 Å². The maximum atomic E-state index is 13.8. The van der Waals surface area contributed by atoms with Crippen LogP contribution in [0.15, 0.2) is 36.2 Å². The summed E-state index contributed by atoms with van der Waals surface area (Å²) in [6, 6.07) is 4.35. The fourth-order valence-electron chi connectivity index (χ4n) is 5.66. The van der Waals surface area contributed by atoms with Crippen molar-refractivity contribution in [3.63, 3.8) is 0 Å². The van der Waals surface area contributed by atoms with E-state index in [2.05, 4.69) is 10.6 Å². The number of piperidine rings is 1. The number of aliphatic carboxylic acids is 1. The summed E-state index contributed by atoms with van der Waals surface area (Å²) in [5.41, 5.74) is -0.844. The molecule has 1 aliphatic carbocycles. The fraction of sp³-hybridized carbons (Fsp3) is 0.615. The van der Waals surface area contributed by atoms with E-state index in [0.717, 1.165) is 31.7 Å². The molecule has 2 heterocycles. The van der Waals surface area contributed by atoms with Gasteiger partial charge in [-0.15, -0.1) is 0 Å². The molecule has 7 nitrogen and oxygen atoms in total. The predicted molar refractivity (Wildman–Crippen MR) is 130 cm³/mol. The van der Waals surface area contributed by atoms with Crippen LogP contribution in [0.5, 0.6) is 0 Å². The van der Waals surface area contributed by atoms with Crippen molar-refractivity contribution >= 4 is 17.6 Å². The Morgan fingerprint density at radius 2 is 1.87 bits per heavy atom. The maximum Gasteiger partial charge on any atom is 0.418 e. The van der Waals surface area contributed by atoms with Gasteiger partial charge in [0, 0.05) is 25.2 Å². The molecule has 0 aromatic heterocycles. The zero-order chi connectivity index (χ0) is 27.5. The predicted octanol–water partition coefficient (Wildman–Crippen LogP) is 4.55. The number of carbonyl (C=O) groups is 2. The lowest BCUT2D eigenvalue weighted by Gasteiger charge is -2.33. The molecule has 38 heavy (non-hydrogen) atoms. The monoisotopic (exact) mass is 544 g/mol. The number of benzene rings is 1. The van der Waals surface area contributed by atoms with Crippen molar-refractivity contribution < 1.29 is 36.6 Å². The summed E-state index contributed by atoms with van der Waals surface area (Å²) in [6.07, 6.45) is -0.434. The number of para-hydroxylation sites is 1. The molecule has 3 aliphatic rings. The van der Waals surface area contributed by atoms with Crippen LogP contribution in [0, 0.1) is 5.92 Å². The van der Waals surface area contributed by atoms with E-state index in [9.17, 15) is 36.6 Å². The van der Waals surface area contributed by atoms with E-state index in [1.54, 1.807) is 4.90 Å². The Kier molecular flexibility index (Phi) is 8.49. The summed E-state index contributed by atoms with van der Waals surface area (Å²) >= 11 is 0. The van der Waals surface area contributed by atoms with Gasteiger partial charge in [0.05, 0.1) is 24.2 Å². The Hall–Kier alpha value is -2.89. The maximum absolute atomic E-state index is 13.8. The van der Waals surface area contributed by atoms with Gasteiger partial charge in [-0.3, -0.25) is 14.5 Å². The molecule has 1 aromatic carbocycles. The van der Waals surface area contributed by atoms with Crippen molar-refractivity contribution in [2.24, 2.45) is 5.92 Å². The quantitative estimate of drug-likeness (QED) is 0.396. The minimum atomic E-state index is -4.59. The average molecular weight is 545 g/mol. The molecule has 2 aliphatic heterocycles. The zero-order valence-electron chi connectivity index (χ0n) is 20.9. The topological polar surface area (TPSA) is 84.9 Å². The molecule has 1 amide bonds. The number of amides is 1. The average Bonchev–Trinajstić information content (AvgIpc) is 3.51. The Labute approximate surface area is 218 Å². The first-order valence-electron chi connectivity index (χ1n) is 13.0. The number of hydrogen-bond donors (Lipinski definition) is 3. The SMILES string of the molecule is O=C(O)CC(CCN1CCCC(F)(F)C1)NC(=O)C1=CN(c2ccccc2C(F)(F)F)C(C2CCCC2)N1.